The van der Waals surface area contributed by atoms with Crippen molar-refractivity contribution >= 4 is 15.9 Å². The van der Waals surface area contributed by atoms with Crippen molar-refractivity contribution in [3.8, 4) is 11.5 Å². The molecule has 0 aliphatic carbocycles. The highest BCUT2D eigenvalue weighted by Crippen LogP contribution is 2.42. The molecule has 4 heteroatoms. The third-order valence-electron chi connectivity index (χ3n) is 2.84. The van der Waals surface area contributed by atoms with E-state index in [1.807, 2.05) is 6.07 Å². The second-order valence-corrected chi connectivity index (χ2v) is 5.05. The summed E-state index contributed by atoms with van der Waals surface area (Å²) in [5, 5.41) is 9.53. The van der Waals surface area contributed by atoms with Gasteiger partial charge in [-0.05, 0) is 52.9 Å². The van der Waals surface area contributed by atoms with Gasteiger partial charge in [-0.15, -0.1) is 0 Å². The molecule has 1 aromatic carbocycles. The van der Waals surface area contributed by atoms with Gasteiger partial charge in [-0.25, -0.2) is 0 Å². The summed E-state index contributed by atoms with van der Waals surface area (Å²) in [6.07, 6.45) is 1.19. The molecule has 1 N–H and O–H groups in total. The van der Waals surface area contributed by atoms with Gasteiger partial charge in [0.1, 0.15) is 13.2 Å². The van der Waals surface area contributed by atoms with E-state index in [1.165, 1.54) is 5.56 Å². The van der Waals surface area contributed by atoms with E-state index in [2.05, 4.69) is 22.9 Å². The van der Waals surface area contributed by atoms with Crippen LogP contribution in [0.25, 0.3) is 0 Å². The molecule has 0 radical (unpaired) electrons. The van der Waals surface area contributed by atoms with Crippen LogP contribution >= 0.6 is 15.9 Å². The van der Waals surface area contributed by atoms with Crippen molar-refractivity contribution < 1.29 is 14.6 Å². The molecule has 0 bridgehead atoms. The number of benzene rings is 1. The molecule has 0 amide bonds. The molecule has 0 fully saturated rings. The van der Waals surface area contributed by atoms with Gasteiger partial charge in [0, 0.05) is 0 Å². The quantitative estimate of drug-likeness (QED) is 0.933. The van der Waals surface area contributed by atoms with Crippen LogP contribution in [0.15, 0.2) is 10.5 Å². The summed E-state index contributed by atoms with van der Waals surface area (Å²) in [5.74, 6) is 1.57. The molecule has 94 valence electrons. The molecule has 2 rings (SSSR count). The average molecular weight is 301 g/mol. The van der Waals surface area contributed by atoms with Crippen LogP contribution in [-0.4, -0.2) is 24.4 Å². The number of halogens is 1. The zero-order valence-corrected chi connectivity index (χ0v) is 11.7. The molecular weight excluding hydrogens is 284 g/mol. The zero-order valence-electron chi connectivity index (χ0n) is 10.1. The summed E-state index contributed by atoms with van der Waals surface area (Å²) >= 11 is 3.58. The maximum atomic E-state index is 9.53. The van der Waals surface area contributed by atoms with Crippen LogP contribution in [0.5, 0.6) is 11.5 Å². The minimum absolute atomic E-state index is 0.352. The van der Waals surface area contributed by atoms with Crippen LogP contribution in [0, 0.1) is 0 Å². The molecule has 0 saturated carbocycles. The predicted octanol–water partition coefficient (Wildman–Crippen LogP) is 2.71. The molecule has 0 spiro atoms. The van der Waals surface area contributed by atoms with Gasteiger partial charge in [0.25, 0.3) is 0 Å². The smallest absolute Gasteiger partial charge is 0.175 e. The van der Waals surface area contributed by atoms with Crippen molar-refractivity contribution in [1.29, 1.82) is 0 Å². The van der Waals surface area contributed by atoms with E-state index in [1.54, 1.807) is 6.92 Å². The molecule has 1 unspecified atom stereocenters. The first-order valence-corrected chi connectivity index (χ1v) is 6.70. The minimum Gasteiger partial charge on any atom is -0.486 e. The van der Waals surface area contributed by atoms with Crippen molar-refractivity contribution in [2.75, 3.05) is 13.2 Å². The fourth-order valence-corrected chi connectivity index (χ4v) is 2.96. The Bertz CT molecular complexity index is 416. The van der Waals surface area contributed by atoms with Crippen LogP contribution in [0.1, 0.15) is 25.0 Å². The summed E-state index contributed by atoms with van der Waals surface area (Å²) in [7, 11) is 0. The largest absolute Gasteiger partial charge is 0.486 e. The molecule has 1 aromatic rings. The van der Waals surface area contributed by atoms with Gasteiger partial charge in [0.2, 0.25) is 0 Å². The normalized spacial score (nSPS) is 15.8. The van der Waals surface area contributed by atoms with Gasteiger partial charge in [0.15, 0.2) is 11.5 Å². The third kappa shape index (κ3) is 2.58. The van der Waals surface area contributed by atoms with Crippen molar-refractivity contribution in [3.05, 3.63) is 21.7 Å². The molecule has 17 heavy (non-hydrogen) atoms. The monoisotopic (exact) mass is 300 g/mol. The first-order chi connectivity index (χ1) is 8.13. The van der Waals surface area contributed by atoms with Crippen LogP contribution in [0.3, 0.4) is 0 Å². The lowest BCUT2D eigenvalue weighted by Crippen LogP contribution is -2.17. The number of fused-ring (bicyclic) bond motifs is 1. The van der Waals surface area contributed by atoms with Gasteiger partial charge in [-0.1, -0.05) is 6.92 Å². The van der Waals surface area contributed by atoms with Crippen molar-refractivity contribution in [2.45, 2.75) is 32.8 Å². The van der Waals surface area contributed by atoms with Gasteiger partial charge < -0.3 is 14.6 Å². The first-order valence-electron chi connectivity index (χ1n) is 5.91. The van der Waals surface area contributed by atoms with Crippen LogP contribution in [0.2, 0.25) is 0 Å². The molecule has 1 atom stereocenters. The van der Waals surface area contributed by atoms with E-state index in [9.17, 15) is 5.11 Å². The van der Waals surface area contributed by atoms with Gasteiger partial charge >= 0.3 is 0 Å². The summed E-state index contributed by atoms with van der Waals surface area (Å²) in [4.78, 5) is 0. The third-order valence-corrected chi connectivity index (χ3v) is 3.68. The number of ether oxygens (including phenoxy) is 2. The molecule has 0 saturated heterocycles. The summed E-state index contributed by atoms with van der Waals surface area (Å²) in [6.45, 7) is 5.06. The van der Waals surface area contributed by atoms with E-state index in [4.69, 9.17) is 9.47 Å². The lowest BCUT2D eigenvalue weighted by Gasteiger charge is -2.23. The lowest BCUT2D eigenvalue weighted by molar-refractivity contribution is 0.169. The molecule has 3 nitrogen and oxygen atoms in total. The second kappa shape index (κ2) is 5.27. The molecule has 1 aliphatic rings. The highest BCUT2D eigenvalue weighted by atomic mass is 79.9. The standard InChI is InChI=1S/C13H17BrO3/c1-3-10-9(6-8(2)15)7-11-13(12(10)14)17-5-4-16-11/h7-8,15H,3-6H2,1-2H3. The van der Waals surface area contributed by atoms with Crippen LogP contribution in [-0.2, 0) is 12.8 Å². The van der Waals surface area contributed by atoms with Gasteiger partial charge in [-0.3, -0.25) is 0 Å². The van der Waals surface area contributed by atoms with Gasteiger partial charge in [-0.2, -0.15) is 0 Å². The Balaban J connectivity index is 2.48. The summed E-state index contributed by atoms with van der Waals surface area (Å²) < 4.78 is 12.2. The molecule has 1 heterocycles. The Labute approximate surface area is 110 Å². The molecule has 0 aromatic heterocycles. The summed E-state index contributed by atoms with van der Waals surface area (Å²) in [6, 6.07) is 1.99. The maximum absolute atomic E-state index is 9.53. The highest BCUT2D eigenvalue weighted by molar-refractivity contribution is 9.10. The van der Waals surface area contributed by atoms with E-state index >= 15 is 0 Å². The van der Waals surface area contributed by atoms with Crippen molar-refractivity contribution in [2.24, 2.45) is 0 Å². The number of aliphatic hydroxyl groups excluding tert-OH is 1. The number of aliphatic hydroxyl groups is 1. The Hall–Kier alpha value is -0.740. The molecular formula is C13H17BrO3. The number of rotatable bonds is 3. The minimum atomic E-state index is -0.352. The van der Waals surface area contributed by atoms with Crippen molar-refractivity contribution in [1.82, 2.24) is 0 Å². The fourth-order valence-electron chi connectivity index (χ4n) is 2.12. The van der Waals surface area contributed by atoms with Crippen molar-refractivity contribution in [3.63, 3.8) is 0 Å². The predicted molar refractivity (Wildman–Crippen MR) is 69.9 cm³/mol. The van der Waals surface area contributed by atoms with Crippen LogP contribution < -0.4 is 9.47 Å². The number of hydrogen-bond donors (Lipinski definition) is 1. The van der Waals surface area contributed by atoms with E-state index in [0.717, 1.165) is 28.0 Å². The first kappa shape index (κ1) is 12.7. The van der Waals surface area contributed by atoms with Crippen LogP contribution in [0.4, 0.5) is 0 Å². The Kier molecular flexibility index (Phi) is 3.94. The Morgan fingerprint density at radius 1 is 1.41 bits per heavy atom. The highest BCUT2D eigenvalue weighted by Gasteiger charge is 2.21. The fraction of sp³-hybridized carbons (Fsp3) is 0.538. The number of hydrogen-bond acceptors (Lipinski definition) is 3. The zero-order chi connectivity index (χ0) is 12.4. The van der Waals surface area contributed by atoms with E-state index in [-0.39, 0.29) is 6.10 Å². The Morgan fingerprint density at radius 3 is 2.76 bits per heavy atom. The lowest BCUT2D eigenvalue weighted by atomic mass is 9.99. The Morgan fingerprint density at radius 2 is 2.12 bits per heavy atom. The second-order valence-electron chi connectivity index (χ2n) is 4.26. The SMILES string of the molecule is CCc1c(CC(C)O)cc2c(c1Br)OCCO2. The molecule has 1 aliphatic heterocycles. The van der Waals surface area contributed by atoms with E-state index < -0.39 is 0 Å². The summed E-state index contributed by atoms with van der Waals surface area (Å²) in [5.41, 5.74) is 2.31. The van der Waals surface area contributed by atoms with E-state index in [0.29, 0.717) is 19.6 Å². The topological polar surface area (TPSA) is 38.7 Å². The maximum Gasteiger partial charge on any atom is 0.175 e. The van der Waals surface area contributed by atoms with Gasteiger partial charge in [0.05, 0.1) is 10.6 Å². The average Bonchev–Trinajstić information content (AvgIpc) is 2.29.